The number of carbonyl (C=O) groups is 1. The first-order valence-electron chi connectivity index (χ1n) is 12.5. The zero-order chi connectivity index (χ0) is 26.6. The zero-order valence-electron chi connectivity index (χ0n) is 21.3. The van der Waals surface area contributed by atoms with Crippen LogP contribution < -0.4 is 4.74 Å². The fourth-order valence-corrected chi connectivity index (χ4v) is 7.78. The van der Waals surface area contributed by atoms with Crippen LogP contribution in [0.1, 0.15) is 47.2 Å². The lowest BCUT2D eigenvalue weighted by molar-refractivity contribution is 0.104. The molecule has 8 heteroatoms. The highest BCUT2D eigenvalue weighted by atomic mass is 32.2. The van der Waals surface area contributed by atoms with E-state index in [9.17, 15) is 13.2 Å². The third kappa shape index (κ3) is 3.58. The summed E-state index contributed by atoms with van der Waals surface area (Å²) in [5.74, 6) is -0.0875. The van der Waals surface area contributed by atoms with Crippen LogP contribution >= 0.6 is 0 Å². The van der Waals surface area contributed by atoms with Crippen LogP contribution in [0.2, 0.25) is 0 Å². The average molecular weight is 530 g/mol. The van der Waals surface area contributed by atoms with Crippen LogP contribution in [0.4, 0.5) is 0 Å². The van der Waals surface area contributed by atoms with E-state index in [0.29, 0.717) is 16.9 Å². The second-order valence-electron chi connectivity index (χ2n) is 9.79. The minimum Gasteiger partial charge on any atom is -0.496 e. The maximum absolute atomic E-state index is 14.1. The van der Waals surface area contributed by atoms with Crippen LogP contribution in [0.25, 0.3) is 6.08 Å². The van der Waals surface area contributed by atoms with Gasteiger partial charge in [-0.15, -0.1) is 0 Å². The van der Waals surface area contributed by atoms with Gasteiger partial charge in [-0.1, -0.05) is 43.3 Å². The number of fused-ring (bicyclic) bond motifs is 1. The number of methoxy groups -OCH3 is 2. The number of hydrogen-bond donors (Lipinski definition) is 0. The van der Waals surface area contributed by atoms with Crippen molar-refractivity contribution in [1.82, 2.24) is 0 Å². The minimum atomic E-state index is -4.15. The first kappa shape index (κ1) is 24.4. The van der Waals surface area contributed by atoms with Gasteiger partial charge in [0.05, 0.1) is 42.7 Å². The molecule has 3 atom stereocenters. The molecule has 0 aromatic heterocycles. The number of aliphatic imine (C=N–C) groups is 1. The topological polar surface area (TPSA) is 91.3 Å². The van der Waals surface area contributed by atoms with E-state index in [1.807, 2.05) is 6.07 Å². The number of benzene rings is 2. The number of allylic oxidation sites excluding steroid dienone is 3. The van der Waals surface area contributed by atoms with Crippen LogP contribution in [0.15, 0.2) is 92.2 Å². The third-order valence-electron chi connectivity index (χ3n) is 7.72. The largest absolute Gasteiger partial charge is 0.496 e. The van der Waals surface area contributed by atoms with Gasteiger partial charge in [-0.05, 0) is 47.6 Å². The molecule has 0 bridgehead atoms. The summed E-state index contributed by atoms with van der Waals surface area (Å²) < 4.78 is 45.3. The summed E-state index contributed by atoms with van der Waals surface area (Å²) >= 11 is 0. The molecule has 2 aromatic carbocycles. The van der Waals surface area contributed by atoms with E-state index in [4.69, 9.17) is 14.2 Å². The van der Waals surface area contributed by atoms with Crippen molar-refractivity contribution < 1.29 is 27.4 Å². The molecule has 194 valence electrons. The molecule has 0 saturated carbocycles. The molecule has 0 saturated heterocycles. The molecule has 3 unspecified atom stereocenters. The Bertz CT molecular complexity index is 1610. The highest BCUT2D eigenvalue weighted by Gasteiger charge is 2.46. The number of sulfone groups is 1. The molecule has 6 rings (SSSR count). The maximum atomic E-state index is 14.1. The Kier molecular flexibility index (Phi) is 5.87. The summed E-state index contributed by atoms with van der Waals surface area (Å²) in [5, 5.41) is 0. The molecular weight excluding hydrogens is 502 g/mol. The Balaban J connectivity index is 1.61. The Labute approximate surface area is 221 Å². The fraction of sp³-hybridized carbons (Fsp3) is 0.267. The molecule has 1 aliphatic carbocycles. The Morgan fingerprint density at radius 2 is 1.84 bits per heavy atom. The van der Waals surface area contributed by atoms with Crippen molar-refractivity contribution >= 4 is 27.9 Å². The molecule has 0 N–H and O–H groups in total. The Morgan fingerprint density at radius 3 is 2.58 bits per heavy atom. The van der Waals surface area contributed by atoms with Gasteiger partial charge in [0.2, 0.25) is 15.6 Å². The maximum Gasteiger partial charge on any atom is 0.211 e. The average Bonchev–Trinajstić information content (AvgIpc) is 3.41. The van der Waals surface area contributed by atoms with E-state index < -0.39 is 21.5 Å². The summed E-state index contributed by atoms with van der Waals surface area (Å²) in [6.07, 6.45) is 8.11. The number of ketones is 1. The highest BCUT2D eigenvalue weighted by Crippen LogP contribution is 2.51. The van der Waals surface area contributed by atoms with Crippen molar-refractivity contribution in [1.29, 1.82) is 0 Å². The van der Waals surface area contributed by atoms with Crippen LogP contribution in [-0.2, 0) is 19.3 Å². The van der Waals surface area contributed by atoms with E-state index in [1.165, 1.54) is 13.2 Å². The fourth-order valence-electron chi connectivity index (χ4n) is 5.95. The summed E-state index contributed by atoms with van der Waals surface area (Å²) in [6.45, 7) is 2.14. The molecule has 0 fully saturated rings. The van der Waals surface area contributed by atoms with Gasteiger partial charge in [-0.2, -0.15) is 0 Å². The number of carbonyl (C=O) groups excluding carboxylic acids is 1. The second-order valence-corrected chi connectivity index (χ2v) is 11.6. The monoisotopic (exact) mass is 529 g/mol. The van der Waals surface area contributed by atoms with E-state index in [-0.39, 0.29) is 33.1 Å². The number of rotatable bonds is 4. The molecule has 7 nitrogen and oxygen atoms in total. The molecule has 0 radical (unpaired) electrons. The first-order valence-corrected chi connectivity index (χ1v) is 14.0. The van der Waals surface area contributed by atoms with Crippen LogP contribution in [0, 0.1) is 5.92 Å². The van der Waals surface area contributed by atoms with Gasteiger partial charge in [-0.3, -0.25) is 9.79 Å². The number of Topliss-reactive ketones (excluding diaryl/α,β-unsaturated/α-hetero) is 1. The Hall–Kier alpha value is -3.91. The molecule has 4 aliphatic rings. The quantitative estimate of drug-likeness (QED) is 0.495. The smallest absolute Gasteiger partial charge is 0.211 e. The van der Waals surface area contributed by atoms with Crippen LogP contribution in [0.3, 0.4) is 0 Å². The lowest BCUT2D eigenvalue weighted by atomic mass is 9.72. The van der Waals surface area contributed by atoms with E-state index in [0.717, 1.165) is 29.6 Å². The summed E-state index contributed by atoms with van der Waals surface area (Å²) in [6, 6.07) is 12.4. The molecule has 2 aromatic rings. The van der Waals surface area contributed by atoms with Gasteiger partial charge in [0.15, 0.2) is 0 Å². The summed E-state index contributed by atoms with van der Waals surface area (Å²) in [7, 11) is -1.12. The van der Waals surface area contributed by atoms with Gasteiger partial charge in [-0.25, -0.2) is 8.42 Å². The van der Waals surface area contributed by atoms with Crippen molar-refractivity contribution in [2.75, 3.05) is 14.2 Å². The van der Waals surface area contributed by atoms with Crippen LogP contribution in [-0.4, -0.2) is 40.7 Å². The van der Waals surface area contributed by atoms with Gasteiger partial charge < -0.3 is 14.2 Å². The zero-order valence-corrected chi connectivity index (χ0v) is 22.1. The standard InChI is InChI=1S/C30H27NO6S/c1-17-9-11-23-27-21(16-37-23)24(36-3)15-31-14-20(26(17)27)19-10-12-22(35-2)28-29(32)25(38(33,34)30(19)28)13-18-7-5-4-6-8-18/h4-8,10,12-17,20,23H,9,11H2,1-3H3/b24-15+,25-13-,31-14?. The van der Waals surface area contributed by atoms with E-state index in [2.05, 4.69) is 11.9 Å². The van der Waals surface area contributed by atoms with Gasteiger partial charge in [0.25, 0.3) is 0 Å². The molecular formula is C30H27NO6S. The molecule has 3 aliphatic heterocycles. The first-order chi connectivity index (χ1) is 18.4. The highest BCUT2D eigenvalue weighted by molar-refractivity contribution is 7.97. The number of hydrogen-bond acceptors (Lipinski definition) is 7. The third-order valence-corrected chi connectivity index (χ3v) is 9.58. The lowest BCUT2D eigenvalue weighted by Crippen LogP contribution is -2.27. The van der Waals surface area contributed by atoms with Gasteiger partial charge in [0, 0.05) is 17.7 Å². The van der Waals surface area contributed by atoms with Crippen molar-refractivity contribution in [2.45, 2.75) is 36.7 Å². The second kappa shape index (κ2) is 9.13. The van der Waals surface area contributed by atoms with Crippen molar-refractivity contribution in [3.05, 3.63) is 99.0 Å². The number of nitrogens with zero attached hydrogens (tertiary/aromatic N) is 1. The predicted octanol–water partition coefficient (Wildman–Crippen LogP) is 5.37. The summed E-state index contributed by atoms with van der Waals surface area (Å²) in [5.41, 5.74) is 4.08. The van der Waals surface area contributed by atoms with E-state index >= 15 is 0 Å². The van der Waals surface area contributed by atoms with Gasteiger partial charge in [0.1, 0.15) is 22.5 Å². The SMILES string of the molecule is CO/C1=C/N=CC(c2ccc(OC)c3c2S(=O)(=O)/C(=C\c2ccccc2)C3=O)C2=C3C1=COC3CCC2C. The minimum absolute atomic E-state index is 0.0103. The molecule has 0 spiro atoms. The van der Waals surface area contributed by atoms with Crippen LogP contribution in [0.5, 0.6) is 5.75 Å². The van der Waals surface area contributed by atoms with E-state index in [1.54, 1.807) is 62.2 Å². The molecule has 0 amide bonds. The van der Waals surface area contributed by atoms with Gasteiger partial charge >= 0.3 is 0 Å². The van der Waals surface area contributed by atoms with Crippen molar-refractivity contribution in [2.24, 2.45) is 10.9 Å². The predicted molar refractivity (Wildman–Crippen MR) is 144 cm³/mol. The van der Waals surface area contributed by atoms with Crippen molar-refractivity contribution in [3.63, 3.8) is 0 Å². The Morgan fingerprint density at radius 1 is 1.05 bits per heavy atom. The normalized spacial score (nSPS) is 27.5. The molecule has 3 heterocycles. The summed E-state index contributed by atoms with van der Waals surface area (Å²) in [4.78, 5) is 17.9. The molecule has 38 heavy (non-hydrogen) atoms. The van der Waals surface area contributed by atoms with Crippen molar-refractivity contribution in [3.8, 4) is 5.75 Å². The lowest BCUT2D eigenvalue weighted by Gasteiger charge is -2.34. The number of ether oxygens (including phenoxy) is 3.